The molecule has 1 heterocycles. The minimum Gasteiger partial charge on any atom is -0.441 e. The second-order valence-corrected chi connectivity index (χ2v) is 8.01. The van der Waals surface area contributed by atoms with Gasteiger partial charge < -0.3 is 9.73 Å². The molecule has 0 aliphatic carbocycles. The first-order chi connectivity index (χ1) is 11.9. The fourth-order valence-electron chi connectivity index (χ4n) is 2.51. The molecule has 0 radical (unpaired) electrons. The number of oxazole rings is 1. The highest BCUT2D eigenvalue weighted by Gasteiger charge is 2.23. The van der Waals surface area contributed by atoms with Gasteiger partial charge in [0.1, 0.15) is 11.0 Å². The summed E-state index contributed by atoms with van der Waals surface area (Å²) >= 11 is 0. The summed E-state index contributed by atoms with van der Waals surface area (Å²) in [5.74, 6) is 1.18. The smallest absolute Gasteiger partial charge is 0.235 e. The second-order valence-electron chi connectivity index (χ2n) is 6.25. The van der Waals surface area contributed by atoms with Gasteiger partial charge >= 0.3 is 0 Å². The van der Waals surface area contributed by atoms with Crippen molar-refractivity contribution in [2.45, 2.75) is 57.6 Å². The molecule has 0 saturated heterocycles. The average molecular weight is 362 g/mol. The average Bonchev–Trinajstić information content (AvgIpc) is 2.95. The Morgan fingerprint density at radius 2 is 1.96 bits per heavy atom. The zero-order valence-corrected chi connectivity index (χ0v) is 16.1. The quantitative estimate of drug-likeness (QED) is 0.779. The minimum atomic E-state index is -1.35. The standard InChI is InChI=1S/C19H26N2O3S/c1-5-9-13(2)20-18(22)15(4)25(23)12-17-14(3)24-19(21-17)16-10-7-6-8-11-16/h6-8,10-11,13,15H,5,9,12H2,1-4H3,(H,20,22). The fraction of sp³-hybridized carbons (Fsp3) is 0.474. The Labute approximate surface area is 151 Å². The maximum absolute atomic E-state index is 12.6. The zero-order valence-electron chi connectivity index (χ0n) is 15.2. The van der Waals surface area contributed by atoms with Crippen LogP contribution in [0.4, 0.5) is 0 Å². The summed E-state index contributed by atoms with van der Waals surface area (Å²) in [5.41, 5.74) is 1.51. The van der Waals surface area contributed by atoms with Crippen LogP contribution in [0.3, 0.4) is 0 Å². The van der Waals surface area contributed by atoms with Gasteiger partial charge in [0.2, 0.25) is 11.8 Å². The number of nitrogens with one attached hydrogen (secondary N) is 1. The van der Waals surface area contributed by atoms with Crippen molar-refractivity contribution in [1.82, 2.24) is 10.3 Å². The largest absolute Gasteiger partial charge is 0.441 e. The summed E-state index contributed by atoms with van der Waals surface area (Å²) in [4.78, 5) is 16.7. The van der Waals surface area contributed by atoms with E-state index < -0.39 is 16.0 Å². The highest BCUT2D eigenvalue weighted by Crippen LogP contribution is 2.22. The van der Waals surface area contributed by atoms with Crippen molar-refractivity contribution in [2.75, 3.05) is 0 Å². The number of carbonyl (C=O) groups excluding carboxylic acids is 1. The topological polar surface area (TPSA) is 72.2 Å². The van der Waals surface area contributed by atoms with Crippen molar-refractivity contribution in [3.63, 3.8) is 0 Å². The van der Waals surface area contributed by atoms with Crippen molar-refractivity contribution in [3.8, 4) is 11.5 Å². The highest BCUT2D eigenvalue weighted by atomic mass is 32.2. The van der Waals surface area contributed by atoms with E-state index in [1.165, 1.54) is 0 Å². The van der Waals surface area contributed by atoms with Crippen molar-refractivity contribution >= 4 is 16.7 Å². The first-order valence-electron chi connectivity index (χ1n) is 8.61. The Bertz CT molecular complexity index is 728. The number of aryl methyl sites for hydroxylation is 1. The molecule has 0 fully saturated rings. The maximum atomic E-state index is 12.6. The first kappa shape index (κ1) is 19.4. The van der Waals surface area contributed by atoms with Gasteiger partial charge in [-0.3, -0.25) is 9.00 Å². The maximum Gasteiger partial charge on any atom is 0.235 e. The summed E-state index contributed by atoms with van der Waals surface area (Å²) < 4.78 is 18.3. The van der Waals surface area contributed by atoms with Gasteiger partial charge in [-0.1, -0.05) is 31.5 Å². The molecule has 2 aromatic rings. The molecule has 3 unspecified atom stereocenters. The predicted molar refractivity (Wildman–Crippen MR) is 100 cm³/mol. The molecule has 1 N–H and O–H groups in total. The van der Waals surface area contributed by atoms with Crippen LogP contribution in [0.1, 0.15) is 45.1 Å². The molecular weight excluding hydrogens is 336 g/mol. The Morgan fingerprint density at radius 1 is 1.28 bits per heavy atom. The van der Waals surface area contributed by atoms with Crippen LogP contribution in [-0.4, -0.2) is 26.4 Å². The number of aromatic nitrogens is 1. The van der Waals surface area contributed by atoms with E-state index in [1.54, 1.807) is 13.8 Å². The van der Waals surface area contributed by atoms with E-state index in [9.17, 15) is 9.00 Å². The molecule has 0 aliphatic heterocycles. The number of hydrogen-bond acceptors (Lipinski definition) is 4. The number of amides is 1. The van der Waals surface area contributed by atoms with Crippen LogP contribution in [0.15, 0.2) is 34.7 Å². The van der Waals surface area contributed by atoms with Crippen molar-refractivity contribution in [3.05, 3.63) is 41.8 Å². The van der Waals surface area contributed by atoms with Crippen LogP contribution < -0.4 is 5.32 Å². The van der Waals surface area contributed by atoms with E-state index >= 15 is 0 Å². The molecule has 5 nitrogen and oxygen atoms in total. The molecule has 1 aromatic heterocycles. The van der Waals surface area contributed by atoms with Crippen LogP contribution >= 0.6 is 0 Å². The van der Waals surface area contributed by atoms with Gasteiger partial charge in [-0.2, -0.15) is 0 Å². The molecule has 136 valence electrons. The zero-order chi connectivity index (χ0) is 18.4. The van der Waals surface area contributed by atoms with E-state index in [-0.39, 0.29) is 17.7 Å². The van der Waals surface area contributed by atoms with Gasteiger partial charge in [-0.25, -0.2) is 4.98 Å². The summed E-state index contributed by atoms with van der Waals surface area (Å²) in [7, 11) is -1.35. The Kier molecular flexibility index (Phi) is 6.93. The number of rotatable bonds is 8. The normalized spacial score (nSPS) is 14.7. The Hall–Kier alpha value is -1.95. The lowest BCUT2D eigenvalue weighted by Gasteiger charge is -2.16. The van der Waals surface area contributed by atoms with Crippen LogP contribution in [0.5, 0.6) is 0 Å². The second kappa shape index (κ2) is 8.94. The summed E-state index contributed by atoms with van der Waals surface area (Å²) in [6, 6.07) is 9.67. The Morgan fingerprint density at radius 3 is 2.60 bits per heavy atom. The van der Waals surface area contributed by atoms with Crippen molar-refractivity contribution in [1.29, 1.82) is 0 Å². The molecule has 0 spiro atoms. The van der Waals surface area contributed by atoms with E-state index in [4.69, 9.17) is 4.42 Å². The van der Waals surface area contributed by atoms with E-state index in [2.05, 4.69) is 17.2 Å². The SMILES string of the molecule is CCCC(C)NC(=O)C(C)S(=O)Cc1nc(-c2ccccc2)oc1C. The third-order valence-electron chi connectivity index (χ3n) is 4.07. The van der Waals surface area contributed by atoms with Crippen LogP contribution in [-0.2, 0) is 21.3 Å². The number of carbonyl (C=O) groups is 1. The first-order valence-corrected chi connectivity index (χ1v) is 9.99. The summed E-state index contributed by atoms with van der Waals surface area (Å²) in [6.45, 7) is 7.53. The fourth-order valence-corrected chi connectivity index (χ4v) is 3.60. The van der Waals surface area contributed by atoms with Crippen LogP contribution in [0.2, 0.25) is 0 Å². The number of benzene rings is 1. The van der Waals surface area contributed by atoms with Gasteiger partial charge in [0.15, 0.2) is 0 Å². The van der Waals surface area contributed by atoms with Gasteiger partial charge in [-0.15, -0.1) is 0 Å². The monoisotopic (exact) mass is 362 g/mol. The van der Waals surface area contributed by atoms with Crippen molar-refractivity contribution in [2.24, 2.45) is 0 Å². The Balaban J connectivity index is 2.03. The van der Waals surface area contributed by atoms with E-state index in [0.29, 0.717) is 17.3 Å². The molecule has 6 heteroatoms. The lowest BCUT2D eigenvalue weighted by molar-refractivity contribution is -0.121. The summed E-state index contributed by atoms with van der Waals surface area (Å²) in [6.07, 6.45) is 1.91. The molecule has 1 aromatic carbocycles. The van der Waals surface area contributed by atoms with E-state index in [0.717, 1.165) is 18.4 Å². The molecule has 25 heavy (non-hydrogen) atoms. The lowest BCUT2D eigenvalue weighted by atomic mass is 10.2. The van der Waals surface area contributed by atoms with Crippen molar-refractivity contribution < 1.29 is 13.4 Å². The van der Waals surface area contributed by atoms with Crippen LogP contribution in [0.25, 0.3) is 11.5 Å². The molecule has 3 atom stereocenters. The number of hydrogen-bond donors (Lipinski definition) is 1. The van der Waals surface area contributed by atoms with Crippen LogP contribution in [0, 0.1) is 6.92 Å². The lowest BCUT2D eigenvalue weighted by Crippen LogP contribution is -2.40. The molecule has 1 amide bonds. The van der Waals surface area contributed by atoms with Gasteiger partial charge in [0, 0.05) is 22.4 Å². The highest BCUT2D eigenvalue weighted by molar-refractivity contribution is 7.85. The molecular formula is C19H26N2O3S. The minimum absolute atomic E-state index is 0.0930. The molecule has 0 aliphatic rings. The summed E-state index contributed by atoms with van der Waals surface area (Å²) in [5, 5.41) is 2.33. The van der Waals surface area contributed by atoms with Gasteiger partial charge in [0.05, 0.1) is 11.4 Å². The molecule has 0 saturated carbocycles. The third-order valence-corrected chi connectivity index (χ3v) is 5.63. The van der Waals surface area contributed by atoms with E-state index in [1.807, 2.05) is 37.3 Å². The predicted octanol–water partition coefficient (Wildman–Crippen LogP) is 3.59. The molecule has 2 rings (SSSR count). The number of nitrogens with zero attached hydrogens (tertiary/aromatic N) is 1. The third kappa shape index (κ3) is 5.26. The van der Waals surface area contributed by atoms with Gasteiger partial charge in [0.25, 0.3) is 0 Å². The van der Waals surface area contributed by atoms with Gasteiger partial charge in [-0.05, 0) is 39.3 Å². The molecule has 0 bridgehead atoms.